The van der Waals surface area contributed by atoms with Gasteiger partial charge in [0.2, 0.25) is 0 Å². The van der Waals surface area contributed by atoms with E-state index in [-0.39, 0.29) is 17.9 Å². The first-order valence-corrected chi connectivity index (χ1v) is 8.96. The highest BCUT2D eigenvalue weighted by Gasteiger charge is 2.23. The fourth-order valence-corrected chi connectivity index (χ4v) is 2.97. The number of carbonyl (C=O) groups is 2. The molecule has 0 saturated carbocycles. The van der Waals surface area contributed by atoms with Crippen LogP contribution in [-0.2, 0) is 16.1 Å². The van der Waals surface area contributed by atoms with E-state index in [0.717, 1.165) is 18.4 Å². The number of rotatable bonds is 6. The summed E-state index contributed by atoms with van der Waals surface area (Å²) in [5, 5.41) is 5.78. The molecular formula is C20H24N4O3. The summed E-state index contributed by atoms with van der Waals surface area (Å²) in [6.07, 6.45) is 2.95. The van der Waals surface area contributed by atoms with Gasteiger partial charge in [-0.25, -0.2) is 4.98 Å². The Morgan fingerprint density at radius 2 is 2.11 bits per heavy atom. The molecule has 142 valence electrons. The number of carbonyl (C=O) groups excluding carboxylic acids is 2. The van der Waals surface area contributed by atoms with Crippen molar-refractivity contribution in [1.82, 2.24) is 10.3 Å². The first kappa shape index (κ1) is 18.8. The monoisotopic (exact) mass is 368 g/mol. The van der Waals surface area contributed by atoms with Crippen molar-refractivity contribution in [2.24, 2.45) is 0 Å². The SMILES string of the molecule is CN(C)c1ncccc1C(=O)NCc1cccc(NC(=O)[C@H]2CCCO2)c1. The Bertz CT molecular complexity index is 816. The average Bonchev–Trinajstić information content (AvgIpc) is 3.21. The molecule has 0 aliphatic carbocycles. The maximum atomic E-state index is 12.5. The number of hydrogen-bond acceptors (Lipinski definition) is 5. The van der Waals surface area contributed by atoms with E-state index in [1.165, 1.54) is 0 Å². The number of benzene rings is 1. The average molecular weight is 368 g/mol. The molecule has 1 saturated heterocycles. The molecule has 0 spiro atoms. The Kier molecular flexibility index (Phi) is 6.03. The molecule has 2 amide bonds. The molecule has 0 radical (unpaired) electrons. The number of ether oxygens (including phenoxy) is 1. The van der Waals surface area contributed by atoms with Gasteiger partial charge in [-0.2, -0.15) is 0 Å². The lowest BCUT2D eigenvalue weighted by molar-refractivity contribution is -0.124. The summed E-state index contributed by atoms with van der Waals surface area (Å²) in [7, 11) is 3.69. The van der Waals surface area contributed by atoms with Crippen LogP contribution in [0.2, 0.25) is 0 Å². The number of nitrogens with one attached hydrogen (secondary N) is 2. The van der Waals surface area contributed by atoms with Crippen molar-refractivity contribution in [3.8, 4) is 0 Å². The summed E-state index contributed by atoms with van der Waals surface area (Å²) in [6, 6.07) is 10.9. The van der Waals surface area contributed by atoms with E-state index < -0.39 is 0 Å². The fraction of sp³-hybridized carbons (Fsp3) is 0.350. The van der Waals surface area contributed by atoms with Gasteiger partial charge in [0.15, 0.2) is 0 Å². The van der Waals surface area contributed by atoms with Gasteiger partial charge in [0.25, 0.3) is 11.8 Å². The lowest BCUT2D eigenvalue weighted by atomic mass is 10.1. The molecule has 1 aromatic heterocycles. The predicted molar refractivity (Wildman–Crippen MR) is 104 cm³/mol. The van der Waals surface area contributed by atoms with Gasteiger partial charge in [-0.1, -0.05) is 12.1 Å². The number of aromatic nitrogens is 1. The van der Waals surface area contributed by atoms with Crippen LogP contribution in [0.25, 0.3) is 0 Å². The Labute approximate surface area is 158 Å². The standard InChI is InChI=1S/C20H24N4O3/c1-24(2)18-16(8-4-10-21-18)19(25)22-13-14-6-3-7-15(12-14)23-20(26)17-9-5-11-27-17/h3-4,6-8,10,12,17H,5,9,11,13H2,1-2H3,(H,22,25)(H,23,26)/t17-/m1/s1. The van der Waals surface area contributed by atoms with Crippen molar-refractivity contribution >= 4 is 23.3 Å². The Balaban J connectivity index is 1.61. The number of amides is 2. The van der Waals surface area contributed by atoms with Crippen LogP contribution >= 0.6 is 0 Å². The molecule has 1 atom stereocenters. The van der Waals surface area contributed by atoms with Crippen molar-refractivity contribution < 1.29 is 14.3 Å². The van der Waals surface area contributed by atoms with Gasteiger partial charge in [0, 0.05) is 39.1 Å². The van der Waals surface area contributed by atoms with E-state index in [0.29, 0.717) is 30.2 Å². The molecule has 1 aromatic carbocycles. The smallest absolute Gasteiger partial charge is 0.255 e. The van der Waals surface area contributed by atoms with Crippen molar-refractivity contribution in [1.29, 1.82) is 0 Å². The van der Waals surface area contributed by atoms with Crippen LogP contribution in [0.5, 0.6) is 0 Å². The Hall–Kier alpha value is -2.93. The molecule has 0 bridgehead atoms. The fourth-order valence-electron chi connectivity index (χ4n) is 2.97. The molecule has 3 rings (SSSR count). The molecule has 1 aliphatic rings. The van der Waals surface area contributed by atoms with E-state index in [2.05, 4.69) is 15.6 Å². The summed E-state index contributed by atoms with van der Waals surface area (Å²) in [4.78, 5) is 30.7. The van der Waals surface area contributed by atoms with Gasteiger partial charge < -0.3 is 20.3 Å². The van der Waals surface area contributed by atoms with Gasteiger partial charge in [-0.15, -0.1) is 0 Å². The van der Waals surface area contributed by atoms with Gasteiger partial charge >= 0.3 is 0 Å². The number of pyridine rings is 1. The largest absolute Gasteiger partial charge is 0.368 e. The number of nitrogens with zero attached hydrogens (tertiary/aromatic N) is 2. The van der Waals surface area contributed by atoms with Crippen LogP contribution < -0.4 is 15.5 Å². The second-order valence-electron chi connectivity index (χ2n) is 6.64. The molecule has 7 heteroatoms. The minimum atomic E-state index is -0.372. The molecule has 1 fully saturated rings. The maximum Gasteiger partial charge on any atom is 0.255 e. The van der Waals surface area contributed by atoms with Crippen LogP contribution in [0.1, 0.15) is 28.8 Å². The highest BCUT2D eigenvalue weighted by molar-refractivity contribution is 5.98. The Morgan fingerprint density at radius 3 is 2.85 bits per heavy atom. The van der Waals surface area contributed by atoms with E-state index in [1.807, 2.05) is 38.4 Å². The normalized spacial score (nSPS) is 16.0. The summed E-state index contributed by atoms with van der Waals surface area (Å²) in [6.45, 7) is 0.984. The predicted octanol–water partition coefficient (Wildman–Crippen LogP) is 2.20. The highest BCUT2D eigenvalue weighted by Crippen LogP contribution is 2.17. The second kappa shape index (κ2) is 8.64. The first-order valence-electron chi connectivity index (χ1n) is 8.96. The second-order valence-corrected chi connectivity index (χ2v) is 6.64. The molecule has 7 nitrogen and oxygen atoms in total. The van der Waals surface area contributed by atoms with E-state index in [1.54, 1.807) is 23.2 Å². The van der Waals surface area contributed by atoms with Crippen LogP contribution in [0, 0.1) is 0 Å². The minimum absolute atomic E-state index is 0.125. The van der Waals surface area contributed by atoms with E-state index in [9.17, 15) is 9.59 Å². The molecule has 27 heavy (non-hydrogen) atoms. The van der Waals surface area contributed by atoms with Gasteiger partial charge in [0.1, 0.15) is 11.9 Å². The maximum absolute atomic E-state index is 12.5. The topological polar surface area (TPSA) is 83.6 Å². The number of hydrogen-bond donors (Lipinski definition) is 2. The zero-order chi connectivity index (χ0) is 19.2. The quantitative estimate of drug-likeness (QED) is 0.817. The number of anilines is 2. The zero-order valence-electron chi connectivity index (χ0n) is 15.6. The van der Waals surface area contributed by atoms with Crippen LogP contribution in [0.4, 0.5) is 11.5 Å². The van der Waals surface area contributed by atoms with Gasteiger partial charge in [0.05, 0.1) is 5.56 Å². The van der Waals surface area contributed by atoms with Crippen LogP contribution in [0.3, 0.4) is 0 Å². The highest BCUT2D eigenvalue weighted by atomic mass is 16.5. The zero-order valence-corrected chi connectivity index (χ0v) is 15.6. The summed E-state index contributed by atoms with van der Waals surface area (Å²) in [5.41, 5.74) is 2.10. The minimum Gasteiger partial charge on any atom is -0.368 e. The van der Waals surface area contributed by atoms with E-state index >= 15 is 0 Å². The molecule has 2 N–H and O–H groups in total. The van der Waals surface area contributed by atoms with Crippen LogP contribution in [-0.4, -0.2) is 43.6 Å². The lowest BCUT2D eigenvalue weighted by Crippen LogP contribution is -2.27. The molecule has 2 aromatic rings. The summed E-state index contributed by atoms with van der Waals surface area (Å²) >= 11 is 0. The summed E-state index contributed by atoms with van der Waals surface area (Å²) < 4.78 is 5.40. The third-order valence-corrected chi connectivity index (χ3v) is 4.32. The molecule has 1 aliphatic heterocycles. The third-order valence-electron chi connectivity index (χ3n) is 4.32. The molecule has 0 unspecified atom stereocenters. The van der Waals surface area contributed by atoms with Crippen molar-refractivity contribution in [3.63, 3.8) is 0 Å². The Morgan fingerprint density at radius 1 is 1.26 bits per heavy atom. The third kappa shape index (κ3) is 4.83. The first-order chi connectivity index (χ1) is 13.0. The molecule has 2 heterocycles. The van der Waals surface area contributed by atoms with Gasteiger partial charge in [-0.05, 0) is 42.7 Å². The van der Waals surface area contributed by atoms with Crippen molar-refractivity contribution in [2.75, 3.05) is 30.9 Å². The van der Waals surface area contributed by atoms with Crippen LogP contribution in [0.15, 0.2) is 42.6 Å². The summed E-state index contributed by atoms with van der Waals surface area (Å²) in [5.74, 6) is 0.299. The lowest BCUT2D eigenvalue weighted by Gasteiger charge is -2.15. The van der Waals surface area contributed by atoms with Crippen molar-refractivity contribution in [2.45, 2.75) is 25.5 Å². The van der Waals surface area contributed by atoms with E-state index in [4.69, 9.17) is 4.74 Å². The van der Waals surface area contributed by atoms with Crippen molar-refractivity contribution in [3.05, 3.63) is 53.7 Å². The van der Waals surface area contributed by atoms with Gasteiger partial charge in [-0.3, -0.25) is 9.59 Å². The molecular weight excluding hydrogens is 344 g/mol.